The number of nitrogens with zero attached hydrogens (tertiary/aromatic N) is 3. The molecule has 0 saturated heterocycles. The van der Waals surface area contributed by atoms with Crippen LogP contribution in [0.25, 0.3) is 11.0 Å². The Morgan fingerprint density at radius 1 is 1.34 bits per heavy atom. The highest BCUT2D eigenvalue weighted by Crippen LogP contribution is 2.53. The lowest BCUT2D eigenvalue weighted by atomic mass is 9.92. The molecule has 0 unspecified atom stereocenters. The maximum Gasteiger partial charge on any atom is 0.387 e. The van der Waals surface area contributed by atoms with Gasteiger partial charge >= 0.3 is 6.61 Å². The van der Waals surface area contributed by atoms with Crippen molar-refractivity contribution < 1.29 is 18.3 Å². The Labute approximate surface area is 170 Å². The highest BCUT2D eigenvalue weighted by atomic mass is 35.5. The number of alkyl halides is 2. The van der Waals surface area contributed by atoms with Gasteiger partial charge in [-0.2, -0.15) is 8.78 Å². The van der Waals surface area contributed by atoms with Crippen molar-refractivity contribution in [3.05, 3.63) is 58.4 Å². The zero-order valence-electron chi connectivity index (χ0n) is 15.8. The van der Waals surface area contributed by atoms with Crippen LogP contribution in [-0.2, 0) is 5.54 Å². The van der Waals surface area contributed by atoms with E-state index in [0.29, 0.717) is 29.1 Å². The normalized spacial score (nSPS) is 22.8. The summed E-state index contributed by atoms with van der Waals surface area (Å²) in [7, 11) is 0. The molecule has 29 heavy (non-hydrogen) atoms. The third kappa shape index (κ3) is 2.43. The first kappa shape index (κ1) is 18.4. The van der Waals surface area contributed by atoms with Gasteiger partial charge in [-0.25, -0.2) is 4.98 Å². The lowest BCUT2D eigenvalue weighted by molar-refractivity contribution is -0.0507. The largest absolute Gasteiger partial charge is 0.434 e. The summed E-state index contributed by atoms with van der Waals surface area (Å²) in [6.45, 7) is 1.37. The zero-order valence-corrected chi connectivity index (χ0v) is 16.6. The van der Waals surface area contributed by atoms with Crippen molar-refractivity contribution in [2.75, 3.05) is 6.54 Å². The van der Waals surface area contributed by atoms with Gasteiger partial charge in [-0.1, -0.05) is 17.7 Å². The number of benzene rings is 2. The quantitative estimate of drug-likeness (QED) is 0.604. The fraction of sp³-hybridized carbons (Fsp3) is 0.333. The number of ether oxygens (including phenoxy) is 1. The Hall–Kier alpha value is -2.67. The van der Waals surface area contributed by atoms with Crippen LogP contribution in [0.5, 0.6) is 5.75 Å². The van der Waals surface area contributed by atoms with Crippen LogP contribution in [-0.4, -0.2) is 33.5 Å². The van der Waals surface area contributed by atoms with Gasteiger partial charge in [0.1, 0.15) is 17.1 Å². The van der Waals surface area contributed by atoms with Gasteiger partial charge in [-0.15, -0.1) is 0 Å². The third-order valence-electron chi connectivity index (χ3n) is 6.04. The van der Waals surface area contributed by atoms with E-state index in [-0.39, 0.29) is 17.7 Å². The predicted molar refractivity (Wildman–Crippen MR) is 105 cm³/mol. The molecule has 0 radical (unpaired) electrons. The lowest BCUT2D eigenvalue weighted by Crippen LogP contribution is -2.46. The summed E-state index contributed by atoms with van der Waals surface area (Å²) in [6.07, 6.45) is 0.522. The van der Waals surface area contributed by atoms with Crippen LogP contribution in [0.2, 0.25) is 5.02 Å². The summed E-state index contributed by atoms with van der Waals surface area (Å²) in [5.41, 5.74) is 1.73. The third-order valence-corrected chi connectivity index (χ3v) is 6.27. The second-order valence-electron chi connectivity index (χ2n) is 7.58. The summed E-state index contributed by atoms with van der Waals surface area (Å²) in [5, 5.41) is 0.561. The van der Waals surface area contributed by atoms with E-state index in [1.54, 1.807) is 23.1 Å². The minimum atomic E-state index is -2.98. The molecule has 5 rings (SSSR count). The number of hydrogen-bond acceptors (Lipinski definition) is 3. The van der Waals surface area contributed by atoms with E-state index in [2.05, 4.69) is 0 Å². The summed E-state index contributed by atoms with van der Waals surface area (Å²) >= 11 is 6.24. The van der Waals surface area contributed by atoms with Crippen molar-refractivity contribution in [2.24, 2.45) is 0 Å². The number of imidazole rings is 1. The summed E-state index contributed by atoms with van der Waals surface area (Å²) < 4.78 is 33.1. The Morgan fingerprint density at radius 3 is 2.86 bits per heavy atom. The van der Waals surface area contributed by atoms with Crippen molar-refractivity contribution in [3.8, 4) is 5.75 Å². The van der Waals surface area contributed by atoms with E-state index in [1.165, 1.54) is 6.07 Å². The molecular weight excluding hydrogens is 400 g/mol. The molecule has 0 fully saturated rings. The maximum atomic E-state index is 13.4. The van der Waals surface area contributed by atoms with Crippen molar-refractivity contribution in [3.63, 3.8) is 0 Å². The van der Waals surface area contributed by atoms with E-state index in [1.807, 2.05) is 30.5 Å². The molecule has 0 N–H and O–H groups in total. The molecule has 2 atom stereocenters. The van der Waals surface area contributed by atoms with Crippen LogP contribution in [0.15, 0.2) is 36.4 Å². The number of fused-ring (bicyclic) bond motifs is 9. The number of hydrogen-bond donors (Lipinski definition) is 0. The van der Waals surface area contributed by atoms with Crippen molar-refractivity contribution in [1.29, 1.82) is 0 Å². The first-order valence-electron chi connectivity index (χ1n) is 9.43. The van der Waals surface area contributed by atoms with Crippen molar-refractivity contribution in [2.45, 2.75) is 38.5 Å². The van der Waals surface area contributed by atoms with Crippen LogP contribution in [0, 0.1) is 0 Å². The molecule has 8 heteroatoms. The number of halogens is 3. The number of carbonyl (C=O) groups is 1. The minimum absolute atomic E-state index is 0.0212. The molecule has 0 saturated carbocycles. The monoisotopic (exact) mass is 417 g/mol. The molecule has 2 aliphatic heterocycles. The highest BCUT2D eigenvalue weighted by Gasteiger charge is 2.53. The smallest absolute Gasteiger partial charge is 0.387 e. The zero-order chi connectivity index (χ0) is 20.5. The average Bonchev–Trinajstić information content (AvgIpc) is 3.14. The first-order chi connectivity index (χ1) is 13.8. The molecule has 2 aliphatic rings. The van der Waals surface area contributed by atoms with Gasteiger partial charge in [0.25, 0.3) is 5.91 Å². The van der Waals surface area contributed by atoms with Crippen LogP contribution in [0.3, 0.4) is 0 Å². The molecular formula is C21H18ClF2N3O2. The van der Waals surface area contributed by atoms with Gasteiger partial charge in [-0.3, -0.25) is 4.79 Å². The number of carbonyl (C=O) groups excluding carboxylic acids is 1. The van der Waals surface area contributed by atoms with E-state index >= 15 is 0 Å². The molecule has 1 aromatic heterocycles. The maximum absolute atomic E-state index is 13.4. The standard InChI is InChI=1S/C21H18ClF2N3O2/c1-3-26-18(28)12-5-4-6-16(29-20(23)24)17(12)15-10-21(26,2)19-25-13-8-7-11(22)9-14(13)27(15)19/h4-9,15,20H,3,10H2,1-2H3/t15-,21-/m0/s1. The number of rotatable bonds is 3. The Kier molecular flexibility index (Phi) is 3.90. The Balaban J connectivity index is 1.87. The molecule has 3 aromatic rings. The summed E-state index contributed by atoms with van der Waals surface area (Å²) in [6, 6.07) is 9.79. The van der Waals surface area contributed by atoms with E-state index in [9.17, 15) is 13.6 Å². The molecule has 0 aliphatic carbocycles. The summed E-state index contributed by atoms with van der Waals surface area (Å²) in [5.74, 6) is 0.545. The number of aromatic nitrogens is 2. The molecule has 5 nitrogen and oxygen atoms in total. The molecule has 2 bridgehead atoms. The molecule has 150 valence electrons. The van der Waals surface area contributed by atoms with Gasteiger partial charge in [0.2, 0.25) is 0 Å². The molecule has 0 spiro atoms. The van der Waals surface area contributed by atoms with Gasteiger partial charge in [0.05, 0.1) is 17.1 Å². The Morgan fingerprint density at radius 2 is 2.14 bits per heavy atom. The average molecular weight is 418 g/mol. The second kappa shape index (κ2) is 6.16. The fourth-order valence-corrected chi connectivity index (χ4v) is 5.08. The van der Waals surface area contributed by atoms with Crippen molar-refractivity contribution in [1.82, 2.24) is 14.5 Å². The highest BCUT2D eigenvalue weighted by molar-refractivity contribution is 6.31. The van der Waals surface area contributed by atoms with Gasteiger partial charge < -0.3 is 14.2 Å². The van der Waals surface area contributed by atoms with E-state index < -0.39 is 12.2 Å². The van der Waals surface area contributed by atoms with Crippen LogP contribution in [0.4, 0.5) is 8.78 Å². The van der Waals surface area contributed by atoms with Gasteiger partial charge in [0.15, 0.2) is 0 Å². The van der Waals surface area contributed by atoms with E-state index in [0.717, 1.165) is 16.9 Å². The summed E-state index contributed by atoms with van der Waals surface area (Å²) in [4.78, 5) is 20.0. The van der Waals surface area contributed by atoms with Gasteiger partial charge in [0, 0.05) is 29.1 Å². The molecule has 2 aromatic carbocycles. The SMILES string of the molecule is CCN1C(=O)c2cccc(OC(F)F)c2[C@@H]2C[C@@]1(C)c1nc3ccc(Cl)cc3n12. The van der Waals surface area contributed by atoms with Crippen molar-refractivity contribution >= 4 is 28.5 Å². The van der Waals surface area contributed by atoms with Gasteiger partial charge in [-0.05, 0) is 44.2 Å². The van der Waals surface area contributed by atoms with E-state index in [4.69, 9.17) is 21.3 Å². The van der Waals surface area contributed by atoms with Crippen LogP contribution in [0.1, 0.15) is 48.1 Å². The minimum Gasteiger partial charge on any atom is -0.434 e. The molecule has 1 amide bonds. The topological polar surface area (TPSA) is 47.4 Å². The first-order valence-corrected chi connectivity index (χ1v) is 9.80. The lowest BCUT2D eigenvalue weighted by Gasteiger charge is -2.36. The van der Waals surface area contributed by atoms with Crippen LogP contribution < -0.4 is 4.74 Å². The fourth-order valence-electron chi connectivity index (χ4n) is 4.92. The molecule has 3 heterocycles. The predicted octanol–water partition coefficient (Wildman–Crippen LogP) is 4.98. The number of amides is 1. The Bertz CT molecular complexity index is 1160. The van der Waals surface area contributed by atoms with Crippen LogP contribution >= 0.6 is 11.6 Å². The second-order valence-corrected chi connectivity index (χ2v) is 8.01.